The number of rotatable bonds is 2. The Morgan fingerprint density at radius 2 is 1.60 bits per heavy atom. The van der Waals surface area contributed by atoms with Gasteiger partial charge in [0.2, 0.25) is 0 Å². The summed E-state index contributed by atoms with van der Waals surface area (Å²) >= 11 is 0. The number of likely N-dealkylation sites (N-methyl/N-ethyl adjacent to an activating group) is 2. The number of urea groups is 1. The van der Waals surface area contributed by atoms with Gasteiger partial charge in [-0.15, -0.1) is 0 Å². The van der Waals surface area contributed by atoms with E-state index in [9.17, 15) is 14.4 Å². The van der Waals surface area contributed by atoms with Gasteiger partial charge in [0.1, 0.15) is 11.8 Å². The number of imide groups is 2. The van der Waals surface area contributed by atoms with Crippen molar-refractivity contribution < 1.29 is 19.1 Å². The molecule has 1 fully saturated rings. The van der Waals surface area contributed by atoms with Gasteiger partial charge in [-0.05, 0) is 6.92 Å². The monoisotopic (exact) mass is 212 g/mol. The average Bonchev–Trinajstić information content (AvgIpc) is 2.24. The molecule has 1 saturated heterocycles. The van der Waals surface area contributed by atoms with E-state index >= 15 is 0 Å². The molecule has 0 radical (unpaired) electrons. The highest BCUT2D eigenvalue weighted by Crippen LogP contribution is 2.13. The maximum Gasteiger partial charge on any atom is 0.333 e. The van der Waals surface area contributed by atoms with Crippen molar-refractivity contribution in [3.63, 3.8) is 0 Å². The molecule has 0 aromatic heterocycles. The van der Waals surface area contributed by atoms with Crippen LogP contribution in [-0.2, 0) is 14.3 Å². The van der Waals surface area contributed by atoms with E-state index in [-0.39, 0.29) is 5.57 Å². The number of hydrogen-bond donors (Lipinski definition) is 0. The summed E-state index contributed by atoms with van der Waals surface area (Å²) in [6.45, 7) is 2.08. The average molecular weight is 212 g/mol. The first-order chi connectivity index (χ1) is 7.00. The van der Waals surface area contributed by atoms with E-state index < -0.39 is 17.8 Å². The SMILES string of the molecule is CCOC=C1C(=O)N(C)C(=O)N(C)C1=O. The summed E-state index contributed by atoms with van der Waals surface area (Å²) in [5.41, 5.74) is -0.138. The number of barbiturate groups is 1. The Balaban J connectivity index is 3.02. The van der Waals surface area contributed by atoms with E-state index in [0.717, 1.165) is 16.1 Å². The van der Waals surface area contributed by atoms with E-state index in [1.165, 1.54) is 14.1 Å². The van der Waals surface area contributed by atoms with Crippen LogP contribution in [0.4, 0.5) is 4.79 Å². The highest BCUT2D eigenvalue weighted by Gasteiger charge is 2.38. The molecule has 15 heavy (non-hydrogen) atoms. The smallest absolute Gasteiger partial charge is 0.333 e. The zero-order valence-electron chi connectivity index (χ0n) is 8.81. The molecule has 82 valence electrons. The second kappa shape index (κ2) is 4.12. The van der Waals surface area contributed by atoms with E-state index in [1.54, 1.807) is 6.92 Å². The largest absolute Gasteiger partial charge is 0.500 e. The van der Waals surface area contributed by atoms with Crippen molar-refractivity contribution in [3.8, 4) is 0 Å². The molecule has 0 spiro atoms. The number of hydrogen-bond acceptors (Lipinski definition) is 4. The van der Waals surface area contributed by atoms with Crippen LogP contribution < -0.4 is 0 Å². The molecule has 0 atom stereocenters. The standard InChI is InChI=1S/C9H12N2O4/c1-4-15-5-6-7(12)10(2)9(14)11(3)8(6)13/h5H,4H2,1-3H3. The Hall–Kier alpha value is -1.85. The number of carbonyl (C=O) groups is 3. The lowest BCUT2D eigenvalue weighted by Crippen LogP contribution is -2.53. The topological polar surface area (TPSA) is 66.9 Å². The fourth-order valence-corrected chi connectivity index (χ4v) is 1.12. The van der Waals surface area contributed by atoms with Gasteiger partial charge in [0.25, 0.3) is 11.8 Å². The van der Waals surface area contributed by atoms with Gasteiger partial charge in [-0.1, -0.05) is 0 Å². The summed E-state index contributed by atoms with van der Waals surface area (Å²) < 4.78 is 4.88. The fourth-order valence-electron chi connectivity index (χ4n) is 1.12. The summed E-state index contributed by atoms with van der Waals surface area (Å²) in [5.74, 6) is -1.28. The van der Waals surface area contributed by atoms with Crippen LogP contribution >= 0.6 is 0 Å². The van der Waals surface area contributed by atoms with Gasteiger partial charge < -0.3 is 4.74 Å². The predicted molar refractivity (Wildman–Crippen MR) is 50.6 cm³/mol. The highest BCUT2D eigenvalue weighted by molar-refractivity contribution is 6.28. The molecule has 6 nitrogen and oxygen atoms in total. The van der Waals surface area contributed by atoms with Gasteiger partial charge in [0.05, 0.1) is 6.61 Å². The van der Waals surface area contributed by atoms with E-state index in [0.29, 0.717) is 6.61 Å². The van der Waals surface area contributed by atoms with Crippen molar-refractivity contribution in [2.45, 2.75) is 6.92 Å². The second-order valence-corrected chi connectivity index (χ2v) is 3.00. The van der Waals surface area contributed by atoms with Crippen LogP contribution in [0.15, 0.2) is 11.8 Å². The van der Waals surface area contributed by atoms with Crippen LogP contribution in [0.25, 0.3) is 0 Å². The van der Waals surface area contributed by atoms with Crippen LogP contribution in [0.3, 0.4) is 0 Å². The number of ether oxygens (including phenoxy) is 1. The molecule has 4 amide bonds. The Labute approximate surface area is 87.1 Å². The first-order valence-corrected chi connectivity index (χ1v) is 4.42. The van der Waals surface area contributed by atoms with Crippen molar-refractivity contribution in [2.75, 3.05) is 20.7 Å². The van der Waals surface area contributed by atoms with Crippen molar-refractivity contribution in [2.24, 2.45) is 0 Å². The first kappa shape index (κ1) is 11.2. The lowest BCUT2D eigenvalue weighted by Gasteiger charge is -2.28. The molecule has 0 N–H and O–H groups in total. The quantitative estimate of drug-likeness (QED) is 0.366. The highest BCUT2D eigenvalue weighted by atomic mass is 16.5. The van der Waals surface area contributed by atoms with Crippen molar-refractivity contribution in [1.29, 1.82) is 0 Å². The lowest BCUT2D eigenvalue weighted by molar-refractivity contribution is -0.134. The molecule has 0 unspecified atom stereocenters. The minimum Gasteiger partial charge on any atom is -0.500 e. The third-order valence-corrected chi connectivity index (χ3v) is 2.01. The van der Waals surface area contributed by atoms with E-state index in [4.69, 9.17) is 4.74 Å². The van der Waals surface area contributed by atoms with Gasteiger partial charge in [-0.25, -0.2) is 4.79 Å². The minimum atomic E-state index is -0.642. The van der Waals surface area contributed by atoms with Crippen LogP contribution in [0.5, 0.6) is 0 Å². The molecule has 1 aliphatic rings. The summed E-state index contributed by atoms with van der Waals surface area (Å²) in [7, 11) is 2.63. The van der Waals surface area contributed by atoms with Crippen LogP contribution in [0.1, 0.15) is 6.92 Å². The van der Waals surface area contributed by atoms with E-state index in [1.807, 2.05) is 0 Å². The second-order valence-electron chi connectivity index (χ2n) is 3.00. The van der Waals surface area contributed by atoms with Gasteiger partial charge in [0, 0.05) is 14.1 Å². The van der Waals surface area contributed by atoms with Crippen molar-refractivity contribution in [1.82, 2.24) is 9.80 Å². The van der Waals surface area contributed by atoms with Gasteiger partial charge in [-0.2, -0.15) is 0 Å². The minimum absolute atomic E-state index is 0.138. The molecule has 1 rings (SSSR count). The van der Waals surface area contributed by atoms with Crippen LogP contribution in [-0.4, -0.2) is 48.3 Å². The number of amides is 4. The molecular formula is C9H12N2O4. The summed E-state index contributed by atoms with van der Waals surface area (Å²) in [5, 5.41) is 0. The van der Waals surface area contributed by atoms with Crippen molar-refractivity contribution in [3.05, 3.63) is 11.8 Å². The molecule has 1 aliphatic heterocycles. The summed E-state index contributed by atoms with van der Waals surface area (Å²) in [4.78, 5) is 36.1. The predicted octanol–water partition coefficient (Wildman–Crippen LogP) is -0.0428. The van der Waals surface area contributed by atoms with Gasteiger partial charge >= 0.3 is 6.03 Å². The Morgan fingerprint density at radius 1 is 1.13 bits per heavy atom. The zero-order chi connectivity index (χ0) is 11.6. The first-order valence-electron chi connectivity index (χ1n) is 4.42. The molecule has 0 saturated carbocycles. The normalized spacial score (nSPS) is 17.3. The number of nitrogens with zero attached hydrogens (tertiary/aromatic N) is 2. The Bertz CT molecular complexity index is 322. The Morgan fingerprint density at radius 3 is 2.00 bits per heavy atom. The zero-order valence-corrected chi connectivity index (χ0v) is 8.81. The van der Waals surface area contributed by atoms with Crippen LogP contribution in [0.2, 0.25) is 0 Å². The molecule has 1 heterocycles. The third-order valence-electron chi connectivity index (χ3n) is 2.01. The fraction of sp³-hybridized carbons (Fsp3) is 0.444. The molecule has 0 aromatic carbocycles. The summed E-state index contributed by atoms with van der Waals surface area (Å²) in [6, 6.07) is -0.640. The van der Waals surface area contributed by atoms with Crippen molar-refractivity contribution >= 4 is 17.8 Å². The van der Waals surface area contributed by atoms with Gasteiger partial charge in [-0.3, -0.25) is 19.4 Å². The maximum absolute atomic E-state index is 11.5. The summed E-state index contributed by atoms with van der Waals surface area (Å²) in [6.07, 6.45) is 1.09. The molecule has 6 heteroatoms. The number of carbonyl (C=O) groups excluding carboxylic acids is 3. The lowest BCUT2D eigenvalue weighted by atomic mass is 10.2. The molecule has 0 bridgehead atoms. The molecular weight excluding hydrogens is 200 g/mol. The van der Waals surface area contributed by atoms with E-state index in [2.05, 4.69) is 0 Å². The van der Waals surface area contributed by atoms with Gasteiger partial charge in [0.15, 0.2) is 0 Å². The Kier molecular flexibility index (Phi) is 3.08. The molecule has 0 aliphatic carbocycles. The third kappa shape index (κ3) is 1.83. The molecule has 0 aromatic rings. The maximum atomic E-state index is 11.5. The van der Waals surface area contributed by atoms with Crippen LogP contribution in [0, 0.1) is 0 Å².